The van der Waals surface area contributed by atoms with Crippen molar-refractivity contribution in [1.29, 1.82) is 0 Å². The number of carbonyl (C=O) groups is 9. The third-order valence-corrected chi connectivity index (χ3v) is 11.0. The number of nitrogens with one attached hydrogen (secondary N) is 3. The molecule has 1 fully saturated rings. The molecule has 0 saturated carbocycles. The van der Waals surface area contributed by atoms with Crippen molar-refractivity contribution in [2.75, 3.05) is 13.2 Å². The van der Waals surface area contributed by atoms with Crippen LogP contribution in [0, 0.1) is 0 Å². The second-order valence-corrected chi connectivity index (χ2v) is 20.8. The van der Waals surface area contributed by atoms with Crippen molar-refractivity contribution in [1.82, 2.24) is 16.0 Å². The average molecular weight is 1010 g/mol. The Morgan fingerprint density at radius 1 is 0.556 bits per heavy atom. The van der Waals surface area contributed by atoms with Gasteiger partial charge in [-0.15, -0.1) is 0 Å². The molecule has 1 aliphatic heterocycles. The van der Waals surface area contributed by atoms with Crippen LogP contribution in [-0.2, 0) is 76.3 Å². The van der Waals surface area contributed by atoms with Crippen LogP contribution in [-0.4, -0.2) is 120 Å². The highest BCUT2D eigenvalue weighted by atomic mass is 16.7. The topological polar surface area (TPSA) is 264 Å². The van der Waals surface area contributed by atoms with Crippen molar-refractivity contribution in [3.8, 4) is 11.1 Å². The maximum Gasteiger partial charge on any atom is 0.407 e. The molecule has 0 radical (unpaired) electrons. The zero-order chi connectivity index (χ0) is 53.8. The van der Waals surface area contributed by atoms with E-state index in [1.165, 1.54) is 0 Å². The first-order valence-corrected chi connectivity index (χ1v) is 24.0. The van der Waals surface area contributed by atoms with Crippen LogP contribution in [0.4, 0.5) is 4.79 Å². The van der Waals surface area contributed by atoms with Crippen LogP contribution in [0.2, 0.25) is 0 Å². The zero-order valence-electron chi connectivity index (χ0n) is 43.4. The predicted octanol–water partition coefficient (Wildman–Crippen LogP) is 5.77. The summed E-state index contributed by atoms with van der Waals surface area (Å²) in [5.41, 5.74) is -0.238. The van der Waals surface area contributed by atoms with Gasteiger partial charge < -0.3 is 53.8 Å². The first-order chi connectivity index (χ1) is 33.4. The summed E-state index contributed by atoms with van der Waals surface area (Å²) < 4.78 is 45.1. The molecule has 0 bridgehead atoms. The van der Waals surface area contributed by atoms with Crippen LogP contribution in [0.3, 0.4) is 0 Å². The van der Waals surface area contributed by atoms with Gasteiger partial charge in [-0.05, 0) is 104 Å². The zero-order valence-corrected chi connectivity index (χ0v) is 43.4. The van der Waals surface area contributed by atoms with Gasteiger partial charge in [0, 0.05) is 64.5 Å². The van der Waals surface area contributed by atoms with E-state index in [0.29, 0.717) is 0 Å². The normalized spacial score (nSPS) is 18.8. The number of ether oxygens (including phenoxy) is 8. The predicted molar refractivity (Wildman–Crippen MR) is 257 cm³/mol. The molecule has 20 nitrogen and oxygen atoms in total. The summed E-state index contributed by atoms with van der Waals surface area (Å²) in [6.45, 7) is 17.8. The van der Waals surface area contributed by atoms with Crippen LogP contribution < -0.4 is 16.0 Å². The monoisotopic (exact) mass is 1010 g/mol. The largest absolute Gasteiger partial charge is 0.460 e. The number of benzene rings is 2. The molecule has 2 aliphatic rings. The van der Waals surface area contributed by atoms with Crippen molar-refractivity contribution < 1.29 is 81.0 Å². The van der Waals surface area contributed by atoms with E-state index in [1.807, 2.05) is 48.5 Å². The Labute approximate surface area is 420 Å². The van der Waals surface area contributed by atoms with Crippen molar-refractivity contribution in [2.24, 2.45) is 0 Å². The molecule has 396 valence electrons. The lowest BCUT2D eigenvalue weighted by Gasteiger charge is -2.45. The smallest absolute Gasteiger partial charge is 0.407 e. The second-order valence-electron chi connectivity index (χ2n) is 20.8. The summed E-state index contributed by atoms with van der Waals surface area (Å²) in [7, 11) is 0. The van der Waals surface area contributed by atoms with Gasteiger partial charge in [0.05, 0.1) is 0 Å². The van der Waals surface area contributed by atoms with Crippen LogP contribution in [0.1, 0.15) is 145 Å². The van der Waals surface area contributed by atoms with E-state index in [4.69, 9.17) is 37.9 Å². The van der Waals surface area contributed by atoms with Gasteiger partial charge in [0.25, 0.3) is 5.91 Å². The van der Waals surface area contributed by atoms with Crippen LogP contribution in [0.15, 0.2) is 48.5 Å². The number of hydrogen-bond donors (Lipinski definition) is 3. The number of esters is 6. The van der Waals surface area contributed by atoms with Crippen molar-refractivity contribution in [3.63, 3.8) is 0 Å². The van der Waals surface area contributed by atoms with E-state index < -0.39 is 113 Å². The van der Waals surface area contributed by atoms with Crippen molar-refractivity contribution in [2.45, 2.75) is 187 Å². The lowest BCUT2D eigenvalue weighted by Crippen LogP contribution is -2.69. The summed E-state index contributed by atoms with van der Waals surface area (Å²) >= 11 is 0. The highest BCUT2D eigenvalue weighted by molar-refractivity contribution is 5.84. The summed E-state index contributed by atoms with van der Waals surface area (Å²) in [5.74, 6) is -6.98. The summed E-state index contributed by atoms with van der Waals surface area (Å²) in [5, 5.41) is 7.92. The minimum atomic E-state index is -1.97. The molecule has 3 N–H and O–H groups in total. The van der Waals surface area contributed by atoms with Gasteiger partial charge in [-0.25, -0.2) is 4.79 Å². The van der Waals surface area contributed by atoms with Gasteiger partial charge in [0.1, 0.15) is 23.4 Å². The molecule has 0 unspecified atom stereocenters. The van der Waals surface area contributed by atoms with Gasteiger partial charge in [-0.1, -0.05) is 48.5 Å². The highest BCUT2D eigenvalue weighted by Crippen LogP contribution is 2.44. The molecular formula is C52H71N3O17. The van der Waals surface area contributed by atoms with E-state index in [-0.39, 0.29) is 57.6 Å². The number of alkyl carbamates (subject to hydrolysis) is 1. The molecule has 0 spiro atoms. The minimum Gasteiger partial charge on any atom is -0.460 e. The summed E-state index contributed by atoms with van der Waals surface area (Å²) in [4.78, 5) is 119. The molecule has 0 aromatic heterocycles. The third kappa shape index (κ3) is 18.2. The van der Waals surface area contributed by atoms with E-state index in [2.05, 4.69) is 16.0 Å². The first-order valence-electron chi connectivity index (χ1n) is 24.0. The van der Waals surface area contributed by atoms with Gasteiger partial charge in [0.2, 0.25) is 5.91 Å². The Bertz CT molecular complexity index is 2180. The fourth-order valence-corrected chi connectivity index (χ4v) is 8.39. The van der Waals surface area contributed by atoms with Gasteiger partial charge in [-0.3, -0.25) is 38.4 Å². The SMILES string of the molecule is CC(=O)O[C@@H]1[C@@H](OC(C)=O)[C@H](NC(=O)CCNC(=O)OCC2c3ccccc3-c3ccccc32)O[C@H](C(=O)NC(CCC(=O)OC(C)(C)C)(CCC(=O)OC(C)(C)C)CCC(=O)OC(C)(C)C)[C@H]1OC(C)=O. The van der Waals surface area contributed by atoms with Gasteiger partial charge >= 0.3 is 41.9 Å². The van der Waals surface area contributed by atoms with Crippen LogP contribution in [0.5, 0.6) is 0 Å². The molecule has 1 saturated heterocycles. The first kappa shape index (κ1) is 58.0. The quantitative estimate of drug-likeness (QED) is 0.105. The van der Waals surface area contributed by atoms with Gasteiger partial charge in [0.15, 0.2) is 30.6 Å². The molecule has 5 atom stereocenters. The Kier molecular flexibility index (Phi) is 19.9. The molecular weight excluding hydrogens is 939 g/mol. The average Bonchev–Trinajstić information content (AvgIpc) is 3.56. The van der Waals surface area contributed by atoms with E-state index >= 15 is 0 Å². The van der Waals surface area contributed by atoms with E-state index in [9.17, 15) is 43.2 Å². The number of rotatable bonds is 20. The standard InChI is InChI=1S/C52H71N3O17/c1-30(56)66-42-43(67-31(2)57)45(68-32(3)58)47(54-38(59)24-28-53-48(64)65-29-37-35-19-15-13-17-33(35)34-18-14-16-20-36(34)37)69-44(42)46(63)55-52(25-21-39(60)70-49(4,5)6,26-22-40(61)71-50(7,8)9)27-23-41(62)72-51(10,11)12/h13-20,37,42-45,47H,21-29H2,1-12H3,(H,53,64)(H,54,59)(H,55,63)/t42-,43-,44-,45+,47+/m0/s1. The Balaban J connectivity index is 1.63. The maximum atomic E-state index is 15.0. The fraction of sp³-hybridized carbons (Fsp3) is 0.596. The van der Waals surface area contributed by atoms with Crippen molar-refractivity contribution in [3.05, 3.63) is 59.7 Å². The highest BCUT2D eigenvalue weighted by Gasteiger charge is 2.55. The Morgan fingerprint density at radius 2 is 0.972 bits per heavy atom. The molecule has 20 heteroatoms. The van der Waals surface area contributed by atoms with E-state index in [1.54, 1.807) is 62.3 Å². The Hall–Kier alpha value is -6.57. The molecule has 72 heavy (non-hydrogen) atoms. The molecule has 3 amide bonds. The minimum absolute atomic E-state index is 0.0147. The number of fused-ring (bicyclic) bond motifs is 3. The summed E-state index contributed by atoms with van der Waals surface area (Å²) in [6, 6.07) is 15.6. The number of carbonyl (C=O) groups excluding carboxylic acids is 9. The molecule has 2 aromatic carbocycles. The van der Waals surface area contributed by atoms with E-state index in [0.717, 1.165) is 43.0 Å². The summed E-state index contributed by atoms with van der Waals surface area (Å²) in [6.07, 6.45) is -12.0. The van der Waals surface area contributed by atoms with Crippen molar-refractivity contribution >= 4 is 53.7 Å². The fourth-order valence-electron chi connectivity index (χ4n) is 8.39. The molecule has 1 aliphatic carbocycles. The van der Waals surface area contributed by atoms with Crippen LogP contribution >= 0.6 is 0 Å². The third-order valence-electron chi connectivity index (χ3n) is 11.0. The Morgan fingerprint density at radius 3 is 1.40 bits per heavy atom. The second kappa shape index (κ2) is 24.7. The maximum absolute atomic E-state index is 15.0. The molecule has 4 rings (SSSR count). The van der Waals surface area contributed by atoms with Gasteiger partial charge in [-0.2, -0.15) is 0 Å². The van der Waals surface area contributed by atoms with Crippen LogP contribution in [0.25, 0.3) is 11.1 Å². The molecule has 2 aromatic rings. The number of hydrogen-bond acceptors (Lipinski definition) is 17. The lowest BCUT2D eigenvalue weighted by molar-refractivity contribution is -0.248. The lowest BCUT2D eigenvalue weighted by atomic mass is 9.82. The molecule has 1 heterocycles. The number of amides is 3.